The molecule has 1 atom stereocenters. The Morgan fingerprint density at radius 1 is 1.21 bits per heavy atom. The largest absolute Gasteiger partial charge is 0.362 e. The second-order valence-corrected chi connectivity index (χ2v) is 5.62. The van der Waals surface area contributed by atoms with E-state index in [0.717, 1.165) is 5.69 Å². The third kappa shape index (κ3) is 3.96. The number of nitrogens with zero attached hydrogens (tertiary/aromatic N) is 4. The van der Waals surface area contributed by atoms with Crippen molar-refractivity contribution in [3.63, 3.8) is 0 Å². The van der Waals surface area contributed by atoms with Crippen molar-refractivity contribution in [2.75, 3.05) is 10.6 Å². The smallest absolute Gasteiger partial charge is 0.231 e. The summed E-state index contributed by atoms with van der Waals surface area (Å²) in [6.45, 7) is 3.78. The minimum Gasteiger partial charge on any atom is -0.362 e. The van der Waals surface area contributed by atoms with Gasteiger partial charge in [0.2, 0.25) is 5.95 Å². The van der Waals surface area contributed by atoms with Gasteiger partial charge in [-0.1, -0.05) is 11.6 Å². The summed E-state index contributed by atoms with van der Waals surface area (Å²) in [4.78, 5) is 12.5. The number of nitrogens with one attached hydrogen (secondary N) is 3. The standard InChI is InChI=1S/C15H15ClFN7/c1-8-5-14(24-23-8)22-15-20-12(16)6-13(21-15)19-9(2)11-4-3-10(17)7-18-11/h3-7,9H,1-2H3,(H3,19,20,21,22,23,24)/t9-/m0/s1. The molecule has 0 aliphatic heterocycles. The van der Waals surface area contributed by atoms with Crippen LogP contribution < -0.4 is 10.6 Å². The second kappa shape index (κ2) is 6.79. The van der Waals surface area contributed by atoms with Crippen molar-refractivity contribution >= 4 is 29.2 Å². The van der Waals surface area contributed by atoms with Crippen LogP contribution in [0, 0.1) is 12.7 Å². The zero-order chi connectivity index (χ0) is 17.1. The van der Waals surface area contributed by atoms with E-state index in [-0.39, 0.29) is 17.0 Å². The van der Waals surface area contributed by atoms with Gasteiger partial charge in [-0.05, 0) is 26.0 Å². The maximum atomic E-state index is 13.0. The van der Waals surface area contributed by atoms with Crippen molar-refractivity contribution in [2.24, 2.45) is 0 Å². The van der Waals surface area contributed by atoms with Crippen LogP contribution in [0.15, 0.2) is 30.5 Å². The highest BCUT2D eigenvalue weighted by atomic mass is 35.5. The Balaban J connectivity index is 1.76. The number of aromatic amines is 1. The van der Waals surface area contributed by atoms with Crippen LogP contribution >= 0.6 is 11.6 Å². The van der Waals surface area contributed by atoms with E-state index in [1.54, 1.807) is 12.1 Å². The lowest BCUT2D eigenvalue weighted by Gasteiger charge is -2.14. The normalized spacial score (nSPS) is 12.0. The van der Waals surface area contributed by atoms with Crippen molar-refractivity contribution < 1.29 is 4.39 Å². The molecule has 0 aliphatic carbocycles. The van der Waals surface area contributed by atoms with Crippen LogP contribution in [0.3, 0.4) is 0 Å². The summed E-state index contributed by atoms with van der Waals surface area (Å²) in [6, 6.07) is 6.21. The van der Waals surface area contributed by atoms with Crippen molar-refractivity contribution in [3.8, 4) is 0 Å². The summed E-state index contributed by atoms with van der Waals surface area (Å²) in [6.07, 6.45) is 1.17. The molecule has 0 aromatic carbocycles. The average Bonchev–Trinajstić information content (AvgIpc) is 2.92. The molecule has 124 valence electrons. The molecule has 3 N–H and O–H groups in total. The number of anilines is 3. The molecule has 0 radical (unpaired) electrons. The van der Waals surface area contributed by atoms with Gasteiger partial charge in [0.1, 0.15) is 16.8 Å². The summed E-state index contributed by atoms with van der Waals surface area (Å²) in [5, 5.41) is 13.3. The Hall–Kier alpha value is -2.74. The first-order valence-electron chi connectivity index (χ1n) is 7.21. The molecule has 24 heavy (non-hydrogen) atoms. The van der Waals surface area contributed by atoms with Crippen molar-refractivity contribution in [1.29, 1.82) is 0 Å². The summed E-state index contributed by atoms with van der Waals surface area (Å²) >= 11 is 6.05. The van der Waals surface area contributed by atoms with Crippen molar-refractivity contribution in [3.05, 3.63) is 52.8 Å². The predicted molar refractivity (Wildman–Crippen MR) is 89.9 cm³/mol. The zero-order valence-corrected chi connectivity index (χ0v) is 13.8. The van der Waals surface area contributed by atoms with Gasteiger partial charge < -0.3 is 10.6 Å². The third-order valence-electron chi connectivity index (χ3n) is 3.20. The van der Waals surface area contributed by atoms with E-state index in [9.17, 15) is 4.39 Å². The van der Waals surface area contributed by atoms with Crippen LogP contribution in [0.1, 0.15) is 24.4 Å². The molecule has 3 heterocycles. The number of halogens is 2. The van der Waals surface area contributed by atoms with Crippen LogP contribution in [0.5, 0.6) is 0 Å². The molecule has 0 saturated carbocycles. The topological polar surface area (TPSA) is 91.4 Å². The molecule has 3 aromatic rings. The lowest BCUT2D eigenvalue weighted by molar-refractivity contribution is 0.617. The number of H-pyrrole nitrogens is 1. The minimum absolute atomic E-state index is 0.183. The molecule has 0 unspecified atom stereocenters. The van der Waals surface area contributed by atoms with Crippen LogP contribution in [-0.2, 0) is 0 Å². The Bertz CT molecular complexity index is 834. The Morgan fingerprint density at radius 2 is 2.04 bits per heavy atom. The van der Waals surface area contributed by atoms with E-state index in [4.69, 9.17) is 11.6 Å². The molecule has 3 rings (SSSR count). The van der Waals surface area contributed by atoms with Gasteiger partial charge in [0, 0.05) is 17.8 Å². The van der Waals surface area contributed by atoms with Crippen LogP contribution in [-0.4, -0.2) is 25.1 Å². The summed E-state index contributed by atoms with van der Waals surface area (Å²) < 4.78 is 13.0. The SMILES string of the molecule is Cc1cc(Nc2nc(Cl)cc(N[C@@H](C)c3ccc(F)cn3)n2)n[nH]1. The first kappa shape index (κ1) is 16.1. The number of hydrogen-bond acceptors (Lipinski definition) is 6. The molecule has 7 nitrogen and oxygen atoms in total. The fourth-order valence-electron chi connectivity index (χ4n) is 2.08. The highest BCUT2D eigenvalue weighted by Crippen LogP contribution is 2.21. The molecule has 0 fully saturated rings. The van der Waals surface area contributed by atoms with E-state index in [1.165, 1.54) is 12.3 Å². The van der Waals surface area contributed by atoms with Gasteiger partial charge in [0.15, 0.2) is 5.82 Å². The first-order chi connectivity index (χ1) is 11.5. The monoisotopic (exact) mass is 347 g/mol. The number of hydrogen-bond donors (Lipinski definition) is 3. The van der Waals surface area contributed by atoms with Gasteiger partial charge in [0.25, 0.3) is 0 Å². The summed E-state index contributed by atoms with van der Waals surface area (Å²) in [7, 11) is 0. The van der Waals surface area contributed by atoms with E-state index in [2.05, 4.69) is 35.8 Å². The average molecular weight is 348 g/mol. The fraction of sp³-hybridized carbons (Fsp3) is 0.200. The lowest BCUT2D eigenvalue weighted by Crippen LogP contribution is -2.11. The van der Waals surface area contributed by atoms with E-state index in [0.29, 0.717) is 23.3 Å². The van der Waals surface area contributed by atoms with E-state index >= 15 is 0 Å². The Morgan fingerprint density at radius 3 is 2.71 bits per heavy atom. The molecule has 9 heteroatoms. The number of aromatic nitrogens is 5. The molecule has 0 bridgehead atoms. The molecule has 0 aliphatic rings. The lowest BCUT2D eigenvalue weighted by atomic mass is 10.2. The van der Waals surface area contributed by atoms with Gasteiger partial charge in [-0.25, -0.2) is 9.37 Å². The van der Waals surface area contributed by atoms with Crippen LogP contribution in [0.4, 0.5) is 22.0 Å². The zero-order valence-electron chi connectivity index (χ0n) is 13.0. The molecule has 0 spiro atoms. The molecule has 3 aromatic heterocycles. The van der Waals surface area contributed by atoms with E-state index < -0.39 is 0 Å². The number of pyridine rings is 1. The molecular formula is C15H15ClFN7. The molecule has 0 amide bonds. The van der Waals surface area contributed by atoms with Gasteiger partial charge in [-0.3, -0.25) is 10.1 Å². The Labute approximate surface area is 142 Å². The summed E-state index contributed by atoms with van der Waals surface area (Å²) in [5.41, 5.74) is 1.59. The van der Waals surface area contributed by atoms with Crippen molar-refractivity contribution in [1.82, 2.24) is 25.1 Å². The molecule has 0 saturated heterocycles. The van der Waals surface area contributed by atoms with Crippen LogP contribution in [0.25, 0.3) is 0 Å². The van der Waals surface area contributed by atoms with Crippen molar-refractivity contribution in [2.45, 2.75) is 19.9 Å². The van der Waals surface area contributed by atoms with E-state index in [1.807, 2.05) is 19.9 Å². The third-order valence-corrected chi connectivity index (χ3v) is 3.39. The first-order valence-corrected chi connectivity index (χ1v) is 7.59. The number of rotatable bonds is 5. The van der Waals surface area contributed by atoms with Gasteiger partial charge in [-0.15, -0.1) is 0 Å². The molecular weight excluding hydrogens is 333 g/mol. The Kier molecular flexibility index (Phi) is 4.57. The minimum atomic E-state index is -0.378. The van der Waals surface area contributed by atoms with Gasteiger partial charge in [0.05, 0.1) is 17.9 Å². The van der Waals surface area contributed by atoms with Gasteiger partial charge in [-0.2, -0.15) is 10.1 Å². The highest BCUT2D eigenvalue weighted by Gasteiger charge is 2.11. The quantitative estimate of drug-likeness (QED) is 0.611. The van der Waals surface area contributed by atoms with Gasteiger partial charge >= 0.3 is 0 Å². The highest BCUT2D eigenvalue weighted by molar-refractivity contribution is 6.29. The van der Waals surface area contributed by atoms with Crippen LogP contribution in [0.2, 0.25) is 5.15 Å². The number of aryl methyl sites for hydroxylation is 1. The predicted octanol–water partition coefficient (Wildman–Crippen LogP) is 3.61. The summed E-state index contributed by atoms with van der Waals surface area (Å²) in [5.74, 6) is 1.05. The second-order valence-electron chi connectivity index (χ2n) is 5.23. The fourth-order valence-corrected chi connectivity index (χ4v) is 2.27. The maximum Gasteiger partial charge on any atom is 0.231 e. The maximum absolute atomic E-state index is 13.0.